The van der Waals surface area contributed by atoms with Crippen LogP contribution in [-0.2, 0) is 16.6 Å². The molecule has 1 aromatic carbocycles. The fourth-order valence-corrected chi connectivity index (χ4v) is 3.31. The monoisotopic (exact) mass is 314 g/mol. The molecule has 0 amide bonds. The largest absolute Gasteiger partial charge is 0.495 e. The van der Waals surface area contributed by atoms with Crippen molar-refractivity contribution in [2.75, 3.05) is 27.2 Å². The summed E-state index contributed by atoms with van der Waals surface area (Å²) in [7, 11) is -0.398. The third kappa shape index (κ3) is 4.69. The van der Waals surface area contributed by atoms with Gasteiger partial charge in [0.05, 0.1) is 7.11 Å². The Morgan fingerprint density at radius 1 is 1.29 bits per heavy atom. The first-order valence-corrected chi connectivity index (χ1v) is 8.75. The second-order valence-corrected chi connectivity index (χ2v) is 6.96. The zero-order valence-corrected chi connectivity index (χ0v) is 14.2. The number of nitrogens with one attached hydrogen (secondary N) is 1. The van der Waals surface area contributed by atoms with Gasteiger partial charge in [-0.3, -0.25) is 0 Å². The third-order valence-electron chi connectivity index (χ3n) is 3.32. The molecule has 0 atom stereocenters. The number of benzene rings is 1. The van der Waals surface area contributed by atoms with E-state index in [0.717, 1.165) is 24.9 Å². The van der Waals surface area contributed by atoms with Gasteiger partial charge < -0.3 is 10.1 Å². The van der Waals surface area contributed by atoms with Gasteiger partial charge in [-0.25, -0.2) is 12.7 Å². The molecule has 1 N–H and O–H groups in total. The van der Waals surface area contributed by atoms with E-state index in [1.807, 2.05) is 19.9 Å². The Morgan fingerprint density at radius 2 is 2.00 bits per heavy atom. The lowest BCUT2D eigenvalue weighted by Crippen LogP contribution is -2.28. The first kappa shape index (κ1) is 17.9. The highest BCUT2D eigenvalue weighted by Gasteiger charge is 2.24. The Morgan fingerprint density at radius 3 is 2.57 bits per heavy atom. The zero-order chi connectivity index (χ0) is 15.9. The second kappa shape index (κ2) is 8.36. The first-order valence-electron chi connectivity index (χ1n) is 7.31. The number of hydrogen-bond donors (Lipinski definition) is 1. The summed E-state index contributed by atoms with van der Waals surface area (Å²) < 4.78 is 31.8. The third-order valence-corrected chi connectivity index (χ3v) is 5.22. The molecule has 0 bridgehead atoms. The molecule has 0 heterocycles. The fraction of sp³-hybridized carbons (Fsp3) is 0.600. The molecule has 1 aromatic rings. The Bertz CT molecular complexity index is 544. The molecule has 0 fully saturated rings. The van der Waals surface area contributed by atoms with Crippen molar-refractivity contribution in [1.29, 1.82) is 0 Å². The van der Waals surface area contributed by atoms with Gasteiger partial charge in [-0.2, -0.15) is 0 Å². The molecule has 0 aromatic heterocycles. The van der Waals surface area contributed by atoms with Crippen molar-refractivity contribution in [1.82, 2.24) is 9.62 Å². The Balaban J connectivity index is 3.05. The van der Waals surface area contributed by atoms with Crippen molar-refractivity contribution in [3.05, 3.63) is 23.8 Å². The van der Waals surface area contributed by atoms with E-state index in [-0.39, 0.29) is 4.90 Å². The van der Waals surface area contributed by atoms with Gasteiger partial charge in [0.25, 0.3) is 0 Å². The average molecular weight is 314 g/mol. The van der Waals surface area contributed by atoms with Crippen molar-refractivity contribution < 1.29 is 13.2 Å². The predicted octanol–water partition coefficient (Wildman–Crippen LogP) is 2.23. The molecule has 0 aliphatic rings. The van der Waals surface area contributed by atoms with Gasteiger partial charge in [0.2, 0.25) is 10.0 Å². The highest BCUT2D eigenvalue weighted by molar-refractivity contribution is 7.89. The summed E-state index contributed by atoms with van der Waals surface area (Å²) in [5.74, 6) is 0.397. The van der Waals surface area contributed by atoms with Crippen molar-refractivity contribution in [2.24, 2.45) is 0 Å². The minimum atomic E-state index is -3.50. The van der Waals surface area contributed by atoms with E-state index >= 15 is 0 Å². The first-order chi connectivity index (χ1) is 9.97. The summed E-state index contributed by atoms with van der Waals surface area (Å²) in [5, 5.41) is 3.21. The zero-order valence-electron chi connectivity index (χ0n) is 13.3. The summed E-state index contributed by atoms with van der Waals surface area (Å²) >= 11 is 0. The number of unbranched alkanes of at least 4 members (excludes halogenated alkanes) is 1. The summed E-state index contributed by atoms with van der Waals surface area (Å²) in [6, 6.07) is 5.23. The lowest BCUT2D eigenvalue weighted by atomic mass is 10.2. The van der Waals surface area contributed by atoms with Crippen LogP contribution in [0.25, 0.3) is 0 Å². The Kier molecular flexibility index (Phi) is 7.14. The van der Waals surface area contributed by atoms with E-state index in [1.165, 1.54) is 11.4 Å². The molecule has 21 heavy (non-hydrogen) atoms. The van der Waals surface area contributed by atoms with Crippen LogP contribution in [0.5, 0.6) is 5.75 Å². The number of methoxy groups -OCH3 is 1. The summed E-state index contributed by atoms with van der Waals surface area (Å²) in [4.78, 5) is 0.226. The van der Waals surface area contributed by atoms with E-state index < -0.39 is 10.0 Å². The normalized spacial score (nSPS) is 11.9. The Hall–Kier alpha value is -1.11. The molecular formula is C15H26N2O3S. The second-order valence-electron chi connectivity index (χ2n) is 4.95. The molecule has 0 aliphatic heterocycles. The predicted molar refractivity (Wildman–Crippen MR) is 85.1 cm³/mol. The minimum absolute atomic E-state index is 0.226. The minimum Gasteiger partial charge on any atom is -0.495 e. The number of sulfonamides is 1. The molecule has 0 radical (unpaired) electrons. The number of rotatable bonds is 9. The molecular weight excluding hydrogens is 288 g/mol. The number of hydrogen-bond acceptors (Lipinski definition) is 4. The highest BCUT2D eigenvalue weighted by atomic mass is 32.2. The van der Waals surface area contributed by atoms with Crippen molar-refractivity contribution in [3.8, 4) is 5.75 Å². The summed E-state index contributed by atoms with van der Waals surface area (Å²) in [6.45, 7) is 6.14. The summed E-state index contributed by atoms with van der Waals surface area (Å²) in [5.41, 5.74) is 1.00. The molecule has 120 valence electrons. The molecule has 0 aliphatic carbocycles. The summed E-state index contributed by atoms with van der Waals surface area (Å²) in [6.07, 6.45) is 1.80. The Labute approximate surface area is 128 Å². The lowest BCUT2D eigenvalue weighted by Gasteiger charge is -2.19. The van der Waals surface area contributed by atoms with E-state index in [4.69, 9.17) is 4.74 Å². The van der Waals surface area contributed by atoms with Crippen LogP contribution >= 0.6 is 0 Å². The molecule has 5 nitrogen and oxygen atoms in total. The van der Waals surface area contributed by atoms with Gasteiger partial charge >= 0.3 is 0 Å². The van der Waals surface area contributed by atoms with Gasteiger partial charge in [-0.1, -0.05) is 26.3 Å². The smallest absolute Gasteiger partial charge is 0.246 e. The van der Waals surface area contributed by atoms with Gasteiger partial charge in [-0.05, 0) is 30.7 Å². The van der Waals surface area contributed by atoms with E-state index in [9.17, 15) is 8.42 Å². The fourth-order valence-electron chi connectivity index (χ4n) is 1.97. The number of ether oxygens (including phenoxy) is 1. The molecule has 0 saturated carbocycles. The van der Waals surface area contributed by atoms with Crippen molar-refractivity contribution in [2.45, 2.75) is 38.1 Å². The maximum Gasteiger partial charge on any atom is 0.246 e. The van der Waals surface area contributed by atoms with Gasteiger partial charge in [0.15, 0.2) is 0 Å². The average Bonchev–Trinajstić information content (AvgIpc) is 2.49. The topological polar surface area (TPSA) is 58.6 Å². The van der Waals surface area contributed by atoms with E-state index in [0.29, 0.717) is 18.8 Å². The molecule has 6 heteroatoms. The SMILES string of the molecule is CCCCN(C)S(=O)(=O)c1ccc(CNCC)cc1OC. The van der Waals surface area contributed by atoms with Crippen LogP contribution in [0.4, 0.5) is 0 Å². The van der Waals surface area contributed by atoms with Gasteiger partial charge in [0.1, 0.15) is 10.6 Å². The van der Waals surface area contributed by atoms with Crippen molar-refractivity contribution >= 4 is 10.0 Å². The van der Waals surface area contributed by atoms with Gasteiger partial charge in [0, 0.05) is 20.1 Å². The molecule has 0 saturated heterocycles. The number of nitrogens with zero attached hydrogens (tertiary/aromatic N) is 1. The van der Waals surface area contributed by atoms with E-state index in [1.54, 1.807) is 19.2 Å². The van der Waals surface area contributed by atoms with Crippen LogP contribution in [-0.4, -0.2) is 40.0 Å². The molecule has 1 rings (SSSR count). The highest BCUT2D eigenvalue weighted by Crippen LogP contribution is 2.27. The standard InChI is InChI=1S/C15H26N2O3S/c1-5-7-10-17(3)21(18,19)15-9-8-13(12-16-6-2)11-14(15)20-4/h8-9,11,16H,5-7,10,12H2,1-4H3. The quantitative estimate of drug-likeness (QED) is 0.759. The van der Waals surface area contributed by atoms with Crippen molar-refractivity contribution in [3.63, 3.8) is 0 Å². The maximum absolute atomic E-state index is 12.6. The van der Waals surface area contributed by atoms with Crippen LogP contribution in [0.2, 0.25) is 0 Å². The molecule has 0 spiro atoms. The van der Waals surface area contributed by atoms with Crippen LogP contribution < -0.4 is 10.1 Å². The van der Waals surface area contributed by atoms with E-state index in [2.05, 4.69) is 5.32 Å². The maximum atomic E-state index is 12.6. The molecule has 0 unspecified atom stereocenters. The van der Waals surface area contributed by atoms with Crippen LogP contribution in [0.15, 0.2) is 23.1 Å². The van der Waals surface area contributed by atoms with Crippen LogP contribution in [0.1, 0.15) is 32.3 Å². The van der Waals surface area contributed by atoms with Gasteiger partial charge in [-0.15, -0.1) is 0 Å². The van der Waals surface area contributed by atoms with Crippen LogP contribution in [0, 0.1) is 0 Å². The lowest BCUT2D eigenvalue weighted by molar-refractivity contribution is 0.396. The van der Waals surface area contributed by atoms with Crippen LogP contribution in [0.3, 0.4) is 0 Å².